The lowest BCUT2D eigenvalue weighted by atomic mass is 10.1. The first-order valence-electron chi connectivity index (χ1n) is 6.60. The quantitative estimate of drug-likeness (QED) is 0.571. The van der Waals surface area contributed by atoms with Crippen LogP contribution in [0.15, 0.2) is 0 Å². The lowest BCUT2D eigenvalue weighted by Gasteiger charge is -2.35. The van der Waals surface area contributed by atoms with E-state index in [0.29, 0.717) is 13.1 Å². The normalized spacial score (nSPS) is 24.0. The van der Waals surface area contributed by atoms with Crippen LogP contribution in [0.3, 0.4) is 0 Å². The second-order valence-electron chi connectivity index (χ2n) is 5.41. The maximum Gasteiger partial charge on any atom is 0.172 e. The van der Waals surface area contributed by atoms with Crippen LogP contribution in [-0.2, 0) is 11.3 Å². The third-order valence-corrected chi connectivity index (χ3v) is 3.57. The molecule has 1 aliphatic rings. The number of halogens is 1. The summed E-state index contributed by atoms with van der Waals surface area (Å²) < 4.78 is 19.4. The van der Waals surface area contributed by atoms with E-state index in [1.807, 2.05) is 18.7 Å². The van der Waals surface area contributed by atoms with Crippen molar-refractivity contribution in [3.8, 4) is 17.2 Å². The molecule has 0 aromatic heterocycles. The van der Waals surface area contributed by atoms with E-state index >= 15 is 0 Å². The van der Waals surface area contributed by atoms with E-state index in [-0.39, 0.29) is 29.9 Å². The molecular formula is C14H20FNO4. The number of nitrogens with zero attached hydrogens (tertiary/aromatic N) is 1. The minimum absolute atomic E-state index is 0.00639. The Balaban J connectivity index is 2.30. The van der Waals surface area contributed by atoms with E-state index in [4.69, 9.17) is 4.74 Å². The van der Waals surface area contributed by atoms with Gasteiger partial charge in [0.25, 0.3) is 0 Å². The molecule has 0 saturated carbocycles. The van der Waals surface area contributed by atoms with Gasteiger partial charge < -0.3 is 20.1 Å². The standard InChI is InChI=1S/C14H20FNO4/c1-7-4-16(5-8(2)20-7)6-10-13(18)11(15)9(3)12(17)14(10)19/h7-8,17-19H,4-6H2,1-3H3. The van der Waals surface area contributed by atoms with E-state index in [0.717, 1.165) is 0 Å². The van der Waals surface area contributed by atoms with Gasteiger partial charge in [0, 0.05) is 25.2 Å². The third kappa shape index (κ3) is 2.66. The maximum absolute atomic E-state index is 13.8. The molecule has 0 spiro atoms. The fourth-order valence-corrected chi connectivity index (χ4v) is 2.63. The number of rotatable bonds is 2. The molecule has 1 aromatic rings. The molecule has 3 N–H and O–H groups in total. The van der Waals surface area contributed by atoms with Crippen LogP contribution in [0.25, 0.3) is 0 Å². The predicted octanol–water partition coefficient (Wildman–Crippen LogP) is 1.86. The first-order valence-corrected chi connectivity index (χ1v) is 6.60. The lowest BCUT2D eigenvalue weighted by Crippen LogP contribution is -2.44. The summed E-state index contributed by atoms with van der Waals surface area (Å²) >= 11 is 0. The summed E-state index contributed by atoms with van der Waals surface area (Å²) in [7, 11) is 0. The summed E-state index contributed by atoms with van der Waals surface area (Å²) in [4.78, 5) is 1.95. The van der Waals surface area contributed by atoms with Crippen LogP contribution in [-0.4, -0.2) is 45.5 Å². The van der Waals surface area contributed by atoms with Crippen molar-refractivity contribution >= 4 is 0 Å². The minimum Gasteiger partial charge on any atom is -0.504 e. The van der Waals surface area contributed by atoms with Gasteiger partial charge >= 0.3 is 0 Å². The molecule has 0 amide bonds. The zero-order valence-corrected chi connectivity index (χ0v) is 11.9. The lowest BCUT2D eigenvalue weighted by molar-refractivity contribution is -0.0707. The van der Waals surface area contributed by atoms with Crippen LogP contribution in [0.1, 0.15) is 25.0 Å². The Bertz CT molecular complexity index is 481. The van der Waals surface area contributed by atoms with Crippen LogP contribution in [0.5, 0.6) is 17.2 Å². The highest BCUT2D eigenvalue weighted by atomic mass is 19.1. The molecule has 112 valence electrons. The topological polar surface area (TPSA) is 73.2 Å². The van der Waals surface area contributed by atoms with Gasteiger partial charge in [-0.25, -0.2) is 4.39 Å². The van der Waals surface area contributed by atoms with E-state index < -0.39 is 23.1 Å². The van der Waals surface area contributed by atoms with Gasteiger partial charge in [-0.2, -0.15) is 0 Å². The Morgan fingerprint density at radius 1 is 1.10 bits per heavy atom. The summed E-state index contributed by atoms with van der Waals surface area (Å²) in [6.45, 7) is 6.53. The van der Waals surface area contributed by atoms with E-state index in [1.54, 1.807) is 0 Å². The number of ether oxygens (including phenoxy) is 1. The Kier molecular flexibility index (Phi) is 4.06. The highest BCUT2D eigenvalue weighted by Gasteiger charge is 2.27. The number of hydrogen-bond donors (Lipinski definition) is 3. The summed E-state index contributed by atoms with van der Waals surface area (Å²) in [5, 5.41) is 29.4. The van der Waals surface area contributed by atoms with Crippen molar-refractivity contribution in [1.29, 1.82) is 0 Å². The first-order chi connectivity index (χ1) is 9.31. The van der Waals surface area contributed by atoms with Gasteiger partial charge in [-0.1, -0.05) is 0 Å². The van der Waals surface area contributed by atoms with E-state index in [9.17, 15) is 19.7 Å². The van der Waals surface area contributed by atoms with Crippen LogP contribution >= 0.6 is 0 Å². The molecule has 2 unspecified atom stereocenters. The van der Waals surface area contributed by atoms with Crippen molar-refractivity contribution < 1.29 is 24.4 Å². The van der Waals surface area contributed by atoms with Gasteiger partial charge in [-0.3, -0.25) is 4.90 Å². The van der Waals surface area contributed by atoms with Gasteiger partial charge in [0.05, 0.1) is 17.8 Å². The number of benzene rings is 1. The number of morpholine rings is 1. The molecular weight excluding hydrogens is 265 g/mol. The van der Waals surface area contributed by atoms with Crippen molar-refractivity contribution in [2.24, 2.45) is 0 Å². The van der Waals surface area contributed by atoms with Crippen molar-refractivity contribution in [3.63, 3.8) is 0 Å². The van der Waals surface area contributed by atoms with Crippen LogP contribution < -0.4 is 0 Å². The molecule has 6 heteroatoms. The van der Waals surface area contributed by atoms with Crippen molar-refractivity contribution in [1.82, 2.24) is 4.90 Å². The third-order valence-electron chi connectivity index (χ3n) is 3.57. The summed E-state index contributed by atoms with van der Waals surface area (Å²) in [6.07, 6.45) is 0.0406. The summed E-state index contributed by atoms with van der Waals surface area (Å²) in [5.41, 5.74) is -0.153. The molecule has 1 aliphatic heterocycles. The second kappa shape index (κ2) is 5.46. The zero-order valence-electron chi connectivity index (χ0n) is 11.9. The monoisotopic (exact) mass is 285 g/mol. The van der Waals surface area contributed by atoms with Gasteiger partial charge in [0.1, 0.15) is 0 Å². The van der Waals surface area contributed by atoms with Gasteiger partial charge in [-0.05, 0) is 20.8 Å². The molecule has 1 saturated heterocycles. The average Bonchev–Trinajstić information content (AvgIpc) is 2.38. The van der Waals surface area contributed by atoms with Crippen LogP contribution in [0, 0.1) is 12.7 Å². The Hall–Kier alpha value is -1.53. The highest BCUT2D eigenvalue weighted by Crippen LogP contribution is 2.41. The van der Waals surface area contributed by atoms with Gasteiger partial charge in [-0.15, -0.1) is 0 Å². The van der Waals surface area contributed by atoms with E-state index in [2.05, 4.69) is 0 Å². The van der Waals surface area contributed by atoms with Crippen molar-refractivity contribution in [2.75, 3.05) is 13.1 Å². The predicted molar refractivity (Wildman–Crippen MR) is 71.4 cm³/mol. The second-order valence-corrected chi connectivity index (χ2v) is 5.41. The molecule has 20 heavy (non-hydrogen) atoms. The van der Waals surface area contributed by atoms with Crippen LogP contribution in [0.4, 0.5) is 4.39 Å². The smallest absolute Gasteiger partial charge is 0.172 e. The van der Waals surface area contributed by atoms with Gasteiger partial charge in [0.15, 0.2) is 23.1 Å². The van der Waals surface area contributed by atoms with Crippen molar-refractivity contribution in [3.05, 3.63) is 16.9 Å². The maximum atomic E-state index is 13.8. The molecule has 0 aliphatic carbocycles. The Labute approximate surface area is 117 Å². The number of aromatic hydroxyl groups is 3. The molecule has 0 radical (unpaired) electrons. The average molecular weight is 285 g/mol. The summed E-state index contributed by atoms with van der Waals surface area (Å²) in [6, 6.07) is 0. The minimum atomic E-state index is -0.898. The molecule has 2 atom stereocenters. The largest absolute Gasteiger partial charge is 0.504 e. The number of phenols is 3. The Morgan fingerprint density at radius 3 is 2.20 bits per heavy atom. The molecule has 1 heterocycles. The molecule has 5 nitrogen and oxygen atoms in total. The SMILES string of the molecule is Cc1c(O)c(O)c(CN2CC(C)OC(C)C2)c(O)c1F. The van der Waals surface area contributed by atoms with Gasteiger partial charge in [0.2, 0.25) is 0 Å². The molecule has 1 fully saturated rings. The molecule has 0 bridgehead atoms. The van der Waals surface area contributed by atoms with Crippen molar-refractivity contribution in [2.45, 2.75) is 39.5 Å². The molecule has 1 aromatic carbocycles. The first kappa shape index (κ1) is 14.9. The highest BCUT2D eigenvalue weighted by molar-refractivity contribution is 5.56. The number of phenolic OH excluding ortho intramolecular Hbond substituents is 3. The van der Waals surface area contributed by atoms with E-state index in [1.165, 1.54) is 6.92 Å². The summed E-state index contributed by atoms with van der Waals surface area (Å²) in [5.74, 6) is -2.49. The zero-order chi connectivity index (χ0) is 15.0. The Morgan fingerprint density at radius 2 is 1.65 bits per heavy atom. The number of hydrogen-bond acceptors (Lipinski definition) is 5. The fraction of sp³-hybridized carbons (Fsp3) is 0.571. The fourth-order valence-electron chi connectivity index (χ4n) is 2.63. The van der Waals surface area contributed by atoms with Crippen LogP contribution in [0.2, 0.25) is 0 Å². The molecule has 2 rings (SSSR count).